The minimum absolute atomic E-state index is 0. The summed E-state index contributed by atoms with van der Waals surface area (Å²) in [6.45, 7) is 7.26. The van der Waals surface area contributed by atoms with Crippen molar-refractivity contribution >= 4 is 18.3 Å². The third-order valence-corrected chi connectivity index (χ3v) is 4.04. The molecule has 2 heterocycles. The van der Waals surface area contributed by atoms with E-state index in [1.807, 2.05) is 6.92 Å². The highest BCUT2D eigenvalue weighted by atomic mass is 35.5. The van der Waals surface area contributed by atoms with Gasteiger partial charge in [0.05, 0.1) is 12.7 Å². The molecule has 2 aliphatic heterocycles. The zero-order valence-corrected chi connectivity index (χ0v) is 13.2. The van der Waals surface area contributed by atoms with Gasteiger partial charge in [-0.15, -0.1) is 12.4 Å². The highest BCUT2D eigenvalue weighted by Crippen LogP contribution is 2.14. The molecule has 4 unspecified atom stereocenters. The standard InChI is InChI=1S/C14H26N2O3.ClH/c1-10-8-15-6-5-13(10)16-14(17)11(2)19-9-12-4-3-7-18-12;/h10-13,15H,3-9H2,1-2H3,(H,16,17);1H. The zero-order valence-electron chi connectivity index (χ0n) is 12.4. The Labute approximate surface area is 127 Å². The molecule has 0 spiro atoms. The summed E-state index contributed by atoms with van der Waals surface area (Å²) in [7, 11) is 0. The van der Waals surface area contributed by atoms with Crippen LogP contribution in [0.2, 0.25) is 0 Å². The monoisotopic (exact) mass is 306 g/mol. The number of hydrogen-bond acceptors (Lipinski definition) is 4. The molecule has 0 aliphatic carbocycles. The molecule has 2 saturated heterocycles. The molecular weight excluding hydrogens is 280 g/mol. The molecule has 2 N–H and O–H groups in total. The van der Waals surface area contributed by atoms with E-state index in [0.29, 0.717) is 12.5 Å². The Morgan fingerprint density at radius 3 is 2.95 bits per heavy atom. The number of carbonyl (C=O) groups is 1. The first kappa shape index (κ1) is 17.7. The van der Waals surface area contributed by atoms with E-state index >= 15 is 0 Å². The lowest BCUT2D eigenvalue weighted by Gasteiger charge is -2.31. The van der Waals surface area contributed by atoms with Gasteiger partial charge in [0.15, 0.2) is 0 Å². The lowest BCUT2D eigenvalue weighted by molar-refractivity contribution is -0.135. The Morgan fingerprint density at radius 2 is 2.30 bits per heavy atom. The third-order valence-electron chi connectivity index (χ3n) is 4.04. The van der Waals surface area contributed by atoms with Crippen LogP contribution < -0.4 is 10.6 Å². The molecule has 0 aromatic heterocycles. The van der Waals surface area contributed by atoms with Crippen molar-refractivity contribution in [1.29, 1.82) is 0 Å². The van der Waals surface area contributed by atoms with Gasteiger partial charge in [-0.2, -0.15) is 0 Å². The molecular formula is C14H27ClN2O3. The second-order valence-corrected chi connectivity index (χ2v) is 5.70. The smallest absolute Gasteiger partial charge is 0.249 e. The number of halogens is 1. The SMILES string of the molecule is CC(OCC1CCCO1)C(=O)NC1CCNCC1C.Cl. The summed E-state index contributed by atoms with van der Waals surface area (Å²) in [5.74, 6) is 0.472. The molecule has 6 heteroatoms. The molecule has 0 saturated carbocycles. The Kier molecular flexibility index (Phi) is 7.80. The Balaban J connectivity index is 0.00000200. The Hall–Kier alpha value is -0.360. The molecule has 0 aromatic rings. The largest absolute Gasteiger partial charge is 0.376 e. The molecule has 118 valence electrons. The quantitative estimate of drug-likeness (QED) is 0.799. The summed E-state index contributed by atoms with van der Waals surface area (Å²) in [5, 5.41) is 6.43. The number of carbonyl (C=O) groups excluding carboxylic acids is 1. The molecule has 5 nitrogen and oxygen atoms in total. The number of rotatable bonds is 5. The Morgan fingerprint density at radius 1 is 1.50 bits per heavy atom. The van der Waals surface area contributed by atoms with E-state index in [9.17, 15) is 4.79 Å². The van der Waals surface area contributed by atoms with Crippen LogP contribution in [0, 0.1) is 5.92 Å². The molecule has 0 aromatic carbocycles. The van der Waals surface area contributed by atoms with Gasteiger partial charge in [0.2, 0.25) is 5.91 Å². The van der Waals surface area contributed by atoms with Crippen molar-refractivity contribution in [3.05, 3.63) is 0 Å². The third kappa shape index (κ3) is 5.20. The van der Waals surface area contributed by atoms with Crippen LogP contribution in [0.4, 0.5) is 0 Å². The van der Waals surface area contributed by atoms with Crippen molar-refractivity contribution in [2.75, 3.05) is 26.3 Å². The predicted octanol–water partition coefficient (Wildman–Crippen LogP) is 1.11. The number of piperidine rings is 1. The van der Waals surface area contributed by atoms with Gasteiger partial charge in [-0.1, -0.05) is 6.92 Å². The normalized spacial score (nSPS) is 31.4. The van der Waals surface area contributed by atoms with Crippen molar-refractivity contribution < 1.29 is 14.3 Å². The summed E-state index contributed by atoms with van der Waals surface area (Å²) >= 11 is 0. The van der Waals surface area contributed by atoms with Gasteiger partial charge < -0.3 is 20.1 Å². The average Bonchev–Trinajstić information content (AvgIpc) is 2.91. The molecule has 2 aliphatic rings. The van der Waals surface area contributed by atoms with Gasteiger partial charge in [0.25, 0.3) is 0 Å². The van der Waals surface area contributed by atoms with Crippen LogP contribution in [0.1, 0.15) is 33.1 Å². The zero-order chi connectivity index (χ0) is 13.7. The molecule has 0 radical (unpaired) electrons. The fraction of sp³-hybridized carbons (Fsp3) is 0.929. The van der Waals surface area contributed by atoms with Gasteiger partial charge in [0.1, 0.15) is 6.10 Å². The topological polar surface area (TPSA) is 59.6 Å². The first-order valence-electron chi connectivity index (χ1n) is 7.41. The van der Waals surface area contributed by atoms with Crippen LogP contribution in [-0.2, 0) is 14.3 Å². The second kappa shape index (κ2) is 8.82. The van der Waals surface area contributed by atoms with E-state index in [2.05, 4.69) is 17.6 Å². The van der Waals surface area contributed by atoms with Crippen molar-refractivity contribution in [1.82, 2.24) is 10.6 Å². The van der Waals surface area contributed by atoms with Crippen molar-refractivity contribution in [3.63, 3.8) is 0 Å². The van der Waals surface area contributed by atoms with Gasteiger partial charge in [0, 0.05) is 12.6 Å². The molecule has 1 amide bonds. The average molecular weight is 307 g/mol. The van der Waals surface area contributed by atoms with Crippen LogP contribution in [0.15, 0.2) is 0 Å². The molecule has 2 fully saturated rings. The fourth-order valence-electron chi connectivity index (χ4n) is 2.63. The highest BCUT2D eigenvalue weighted by molar-refractivity contribution is 5.85. The number of hydrogen-bond donors (Lipinski definition) is 2. The van der Waals surface area contributed by atoms with Crippen LogP contribution in [0.3, 0.4) is 0 Å². The predicted molar refractivity (Wildman–Crippen MR) is 80.2 cm³/mol. The van der Waals surface area contributed by atoms with E-state index < -0.39 is 6.10 Å². The molecule has 2 rings (SSSR count). The summed E-state index contributed by atoms with van der Waals surface area (Å²) in [6, 6.07) is 0.266. The minimum Gasteiger partial charge on any atom is -0.376 e. The first-order chi connectivity index (χ1) is 9.16. The van der Waals surface area contributed by atoms with Crippen LogP contribution in [0.25, 0.3) is 0 Å². The first-order valence-corrected chi connectivity index (χ1v) is 7.41. The molecule has 0 bridgehead atoms. The lowest BCUT2D eigenvalue weighted by Crippen LogP contribution is -2.51. The molecule has 20 heavy (non-hydrogen) atoms. The summed E-state index contributed by atoms with van der Waals surface area (Å²) < 4.78 is 11.1. The summed E-state index contributed by atoms with van der Waals surface area (Å²) in [4.78, 5) is 12.1. The number of ether oxygens (including phenoxy) is 2. The summed E-state index contributed by atoms with van der Waals surface area (Å²) in [5.41, 5.74) is 0. The van der Waals surface area contributed by atoms with Gasteiger partial charge in [-0.05, 0) is 45.2 Å². The fourth-order valence-corrected chi connectivity index (χ4v) is 2.63. The van der Waals surface area contributed by atoms with Gasteiger partial charge >= 0.3 is 0 Å². The minimum atomic E-state index is -0.397. The van der Waals surface area contributed by atoms with E-state index in [4.69, 9.17) is 9.47 Å². The van der Waals surface area contributed by atoms with Crippen molar-refractivity contribution in [2.24, 2.45) is 5.92 Å². The van der Waals surface area contributed by atoms with Gasteiger partial charge in [-0.3, -0.25) is 4.79 Å². The van der Waals surface area contributed by atoms with Crippen molar-refractivity contribution in [2.45, 2.75) is 51.4 Å². The van der Waals surface area contributed by atoms with Crippen molar-refractivity contribution in [3.8, 4) is 0 Å². The maximum absolute atomic E-state index is 12.1. The highest BCUT2D eigenvalue weighted by Gasteiger charge is 2.25. The van der Waals surface area contributed by atoms with Gasteiger partial charge in [-0.25, -0.2) is 0 Å². The maximum atomic E-state index is 12.1. The number of nitrogens with one attached hydrogen (secondary N) is 2. The van der Waals surface area contributed by atoms with E-state index in [0.717, 1.165) is 39.0 Å². The maximum Gasteiger partial charge on any atom is 0.249 e. The Bertz CT molecular complexity index is 298. The van der Waals surface area contributed by atoms with Crippen LogP contribution >= 0.6 is 12.4 Å². The van der Waals surface area contributed by atoms with E-state index in [1.54, 1.807) is 0 Å². The van der Waals surface area contributed by atoms with E-state index in [-0.39, 0.29) is 30.5 Å². The summed E-state index contributed by atoms with van der Waals surface area (Å²) in [6.07, 6.45) is 2.91. The van der Waals surface area contributed by atoms with E-state index in [1.165, 1.54) is 0 Å². The lowest BCUT2D eigenvalue weighted by atomic mass is 9.95. The number of amides is 1. The second-order valence-electron chi connectivity index (χ2n) is 5.70. The van der Waals surface area contributed by atoms with Crippen LogP contribution in [0.5, 0.6) is 0 Å². The molecule has 4 atom stereocenters. The van der Waals surface area contributed by atoms with Crippen LogP contribution in [-0.4, -0.2) is 50.5 Å².